The largest absolute Gasteiger partial charge is 0.465 e. The molecule has 0 bridgehead atoms. The van der Waals surface area contributed by atoms with E-state index in [1.165, 1.54) is 16.4 Å². The molecule has 0 unspecified atom stereocenters. The van der Waals surface area contributed by atoms with E-state index in [4.69, 9.17) is 9.26 Å². The van der Waals surface area contributed by atoms with Crippen LogP contribution in [0.3, 0.4) is 0 Å². The molecular weight excluding hydrogens is 572 g/mol. The minimum absolute atomic E-state index is 0.0183. The zero-order valence-corrected chi connectivity index (χ0v) is 24.9. The van der Waals surface area contributed by atoms with Crippen LogP contribution in [-0.4, -0.2) is 64.4 Å². The summed E-state index contributed by atoms with van der Waals surface area (Å²) in [6.07, 6.45) is -2.41. The Morgan fingerprint density at radius 1 is 0.930 bits per heavy atom. The second-order valence-corrected chi connectivity index (χ2v) is 12.5. The molecule has 0 spiro atoms. The Balaban J connectivity index is 1.45. The molecule has 1 heterocycles. The summed E-state index contributed by atoms with van der Waals surface area (Å²) in [5.74, 6) is 0.531. The number of aromatic nitrogens is 2. The molecule has 0 aliphatic rings. The highest BCUT2D eigenvalue weighted by Crippen LogP contribution is 2.23. The van der Waals surface area contributed by atoms with E-state index in [1.807, 2.05) is 74.5 Å². The summed E-state index contributed by atoms with van der Waals surface area (Å²) >= 11 is 0. The van der Waals surface area contributed by atoms with Crippen molar-refractivity contribution in [2.75, 3.05) is 13.1 Å². The average Bonchev–Trinajstić information content (AvgIpc) is 3.46. The molecule has 0 aliphatic heterocycles. The lowest BCUT2D eigenvalue weighted by Crippen LogP contribution is -2.50. The molecule has 0 saturated heterocycles. The van der Waals surface area contributed by atoms with Gasteiger partial charge in [0.15, 0.2) is 0 Å². The average molecular weight is 609 g/mol. The maximum absolute atomic E-state index is 13.7. The Labute approximate surface area is 251 Å². The molecule has 2 atom stereocenters. The zero-order chi connectivity index (χ0) is 30.8. The van der Waals surface area contributed by atoms with Gasteiger partial charge in [0.1, 0.15) is 6.61 Å². The van der Waals surface area contributed by atoms with Gasteiger partial charge >= 0.3 is 6.09 Å². The Morgan fingerprint density at radius 3 is 2.16 bits per heavy atom. The number of hydrogen-bond acceptors (Lipinski definition) is 8. The molecule has 228 valence electrons. The van der Waals surface area contributed by atoms with Crippen LogP contribution in [0.25, 0.3) is 11.4 Å². The van der Waals surface area contributed by atoms with Gasteiger partial charge in [-0.25, -0.2) is 13.2 Å². The third-order valence-corrected chi connectivity index (χ3v) is 8.43. The maximum atomic E-state index is 13.7. The fourth-order valence-electron chi connectivity index (χ4n) is 4.51. The van der Waals surface area contributed by atoms with Crippen molar-refractivity contribution < 1.29 is 32.7 Å². The number of aliphatic hydroxyl groups is 1. The van der Waals surface area contributed by atoms with Crippen LogP contribution < -0.4 is 5.32 Å². The van der Waals surface area contributed by atoms with Crippen molar-refractivity contribution in [3.05, 3.63) is 102 Å². The molecule has 0 aliphatic carbocycles. The monoisotopic (exact) mass is 608 g/mol. The minimum Gasteiger partial charge on any atom is -0.465 e. The molecule has 4 rings (SSSR count). The number of nitrogens with zero attached hydrogens (tertiary/aromatic N) is 3. The van der Waals surface area contributed by atoms with Crippen LogP contribution in [0.2, 0.25) is 0 Å². The SMILES string of the molecule is CC(C)CN(C[C@H](O)[C@H](Cc1ccccc1)NC(=O)O)S(=O)(=O)c1ccc(-c2noc(COCc3ccccc3)n2)cc1. The summed E-state index contributed by atoms with van der Waals surface area (Å²) in [5.41, 5.74) is 2.38. The van der Waals surface area contributed by atoms with Crippen molar-refractivity contribution in [3.63, 3.8) is 0 Å². The summed E-state index contributed by atoms with van der Waals surface area (Å²) in [7, 11) is -4.04. The van der Waals surface area contributed by atoms with E-state index in [-0.39, 0.29) is 36.9 Å². The molecule has 0 saturated carbocycles. The molecular formula is C31H36N4O7S. The van der Waals surface area contributed by atoms with Crippen molar-refractivity contribution in [2.45, 2.75) is 50.5 Å². The summed E-state index contributed by atoms with van der Waals surface area (Å²) in [6.45, 7) is 4.09. The predicted molar refractivity (Wildman–Crippen MR) is 159 cm³/mol. The standard InChI is InChI=1S/C31H36N4O7S/c1-22(2)18-35(19-28(36)27(32-31(37)38)17-23-9-5-3-6-10-23)43(39,40)26-15-13-25(14-16-26)30-33-29(42-34-30)21-41-20-24-11-7-4-8-12-24/h3-16,22,27-28,32,36H,17-21H2,1-2H3,(H,37,38)/t27-,28-/m0/s1. The highest BCUT2D eigenvalue weighted by molar-refractivity contribution is 7.89. The van der Waals surface area contributed by atoms with E-state index in [0.29, 0.717) is 23.9 Å². The van der Waals surface area contributed by atoms with Crippen LogP contribution >= 0.6 is 0 Å². The second-order valence-electron chi connectivity index (χ2n) is 10.5. The van der Waals surface area contributed by atoms with Gasteiger partial charge in [0.2, 0.25) is 15.8 Å². The molecule has 43 heavy (non-hydrogen) atoms. The van der Waals surface area contributed by atoms with E-state index < -0.39 is 28.3 Å². The van der Waals surface area contributed by atoms with Crippen LogP contribution in [-0.2, 0) is 34.4 Å². The summed E-state index contributed by atoms with van der Waals surface area (Å²) < 4.78 is 39.5. The third-order valence-electron chi connectivity index (χ3n) is 6.59. The number of rotatable bonds is 15. The third kappa shape index (κ3) is 9.19. The first kappa shape index (κ1) is 31.8. The minimum atomic E-state index is -4.04. The Bertz CT molecular complexity index is 1550. The maximum Gasteiger partial charge on any atom is 0.404 e. The van der Waals surface area contributed by atoms with E-state index in [2.05, 4.69) is 15.5 Å². The van der Waals surface area contributed by atoms with Crippen molar-refractivity contribution in [1.29, 1.82) is 0 Å². The van der Waals surface area contributed by atoms with Gasteiger partial charge in [-0.2, -0.15) is 9.29 Å². The molecule has 1 aromatic heterocycles. The van der Waals surface area contributed by atoms with Crippen LogP contribution in [0.15, 0.2) is 94.3 Å². The van der Waals surface area contributed by atoms with Gasteiger partial charge in [0, 0.05) is 18.7 Å². The van der Waals surface area contributed by atoms with Crippen molar-refractivity contribution in [1.82, 2.24) is 19.8 Å². The zero-order valence-electron chi connectivity index (χ0n) is 24.0. The van der Waals surface area contributed by atoms with E-state index in [0.717, 1.165) is 11.1 Å². The first-order valence-electron chi connectivity index (χ1n) is 13.9. The van der Waals surface area contributed by atoms with Gasteiger partial charge in [-0.3, -0.25) is 0 Å². The van der Waals surface area contributed by atoms with Crippen molar-refractivity contribution in [3.8, 4) is 11.4 Å². The first-order valence-corrected chi connectivity index (χ1v) is 15.3. The molecule has 11 nitrogen and oxygen atoms in total. The molecule has 0 fully saturated rings. The van der Waals surface area contributed by atoms with Crippen LogP contribution in [0.5, 0.6) is 0 Å². The predicted octanol–water partition coefficient (Wildman–Crippen LogP) is 4.34. The topological polar surface area (TPSA) is 155 Å². The van der Waals surface area contributed by atoms with E-state index in [1.54, 1.807) is 12.1 Å². The quantitative estimate of drug-likeness (QED) is 0.179. The van der Waals surface area contributed by atoms with Crippen molar-refractivity contribution in [2.24, 2.45) is 5.92 Å². The number of carbonyl (C=O) groups is 1. The number of amides is 1. The van der Waals surface area contributed by atoms with Crippen LogP contribution in [0.4, 0.5) is 4.79 Å². The number of sulfonamides is 1. The summed E-state index contributed by atoms with van der Waals surface area (Å²) in [6, 6.07) is 23.9. The Hall–Kier alpha value is -4.10. The van der Waals surface area contributed by atoms with E-state index >= 15 is 0 Å². The number of benzene rings is 3. The number of ether oxygens (including phenoxy) is 1. The lowest BCUT2D eigenvalue weighted by atomic mass is 10.0. The van der Waals surface area contributed by atoms with E-state index in [9.17, 15) is 23.4 Å². The summed E-state index contributed by atoms with van der Waals surface area (Å²) in [4.78, 5) is 15.8. The number of aliphatic hydroxyl groups excluding tert-OH is 1. The lowest BCUT2D eigenvalue weighted by molar-refractivity contribution is 0.0850. The number of carboxylic acid groups (broad SMARTS) is 1. The van der Waals surface area contributed by atoms with Crippen LogP contribution in [0, 0.1) is 5.92 Å². The van der Waals surface area contributed by atoms with Gasteiger partial charge in [0.25, 0.3) is 5.89 Å². The molecule has 3 N–H and O–H groups in total. The van der Waals surface area contributed by atoms with Crippen LogP contribution in [0.1, 0.15) is 30.9 Å². The van der Waals surface area contributed by atoms with Gasteiger partial charge < -0.3 is 24.8 Å². The Kier molecular flexibility index (Phi) is 11.0. The second kappa shape index (κ2) is 14.9. The normalized spacial score (nSPS) is 13.2. The fourth-order valence-corrected chi connectivity index (χ4v) is 6.13. The number of nitrogens with one attached hydrogen (secondary N) is 1. The fraction of sp³-hybridized carbons (Fsp3) is 0.323. The highest BCUT2D eigenvalue weighted by Gasteiger charge is 2.31. The Morgan fingerprint density at radius 2 is 1.56 bits per heavy atom. The first-order chi connectivity index (χ1) is 20.6. The van der Waals surface area contributed by atoms with Gasteiger partial charge in [-0.15, -0.1) is 0 Å². The lowest BCUT2D eigenvalue weighted by Gasteiger charge is -2.30. The van der Waals surface area contributed by atoms with Gasteiger partial charge in [-0.05, 0) is 47.7 Å². The van der Waals surface area contributed by atoms with Crippen molar-refractivity contribution >= 4 is 16.1 Å². The van der Waals surface area contributed by atoms with Gasteiger partial charge in [0.05, 0.1) is 23.6 Å². The number of hydrogen-bond donors (Lipinski definition) is 3. The molecule has 0 radical (unpaired) electrons. The molecule has 1 amide bonds. The molecule has 12 heteroatoms. The molecule has 3 aromatic carbocycles. The van der Waals surface area contributed by atoms with Gasteiger partial charge in [-0.1, -0.05) is 79.7 Å². The highest BCUT2D eigenvalue weighted by atomic mass is 32.2. The summed E-state index contributed by atoms with van der Waals surface area (Å²) in [5, 5.41) is 26.7. The molecule has 4 aromatic rings. The smallest absolute Gasteiger partial charge is 0.404 e.